The van der Waals surface area contributed by atoms with Crippen LogP contribution in [0.25, 0.3) is 0 Å². The lowest BCUT2D eigenvalue weighted by Crippen LogP contribution is -2.46. The Bertz CT molecular complexity index is 820. The van der Waals surface area contributed by atoms with Gasteiger partial charge in [-0.25, -0.2) is 4.98 Å². The Balaban J connectivity index is 1.84. The molecule has 1 aliphatic heterocycles. The fourth-order valence-corrected chi connectivity index (χ4v) is 3.93. The molecule has 2 heterocycles. The van der Waals surface area contributed by atoms with E-state index in [1.165, 1.54) is 0 Å². The van der Waals surface area contributed by atoms with Gasteiger partial charge in [0.25, 0.3) is 0 Å². The minimum atomic E-state index is -1.09. The van der Waals surface area contributed by atoms with Crippen molar-refractivity contribution in [2.24, 2.45) is 5.92 Å². The summed E-state index contributed by atoms with van der Waals surface area (Å²) in [6.45, 7) is 4.85. The number of carboxylic acids is 1. The fourth-order valence-electron chi connectivity index (χ4n) is 3.93. The third-order valence-electron chi connectivity index (χ3n) is 5.72. The van der Waals surface area contributed by atoms with Gasteiger partial charge in [0.05, 0.1) is 24.5 Å². The molecule has 7 nitrogen and oxygen atoms in total. The van der Waals surface area contributed by atoms with Gasteiger partial charge in [0.2, 0.25) is 5.91 Å². The van der Waals surface area contributed by atoms with Gasteiger partial charge in [-0.2, -0.15) is 0 Å². The molecule has 0 bridgehead atoms. The van der Waals surface area contributed by atoms with Crippen LogP contribution in [0.3, 0.4) is 0 Å². The molecule has 0 unspecified atom stereocenters. The van der Waals surface area contributed by atoms with Gasteiger partial charge >= 0.3 is 5.97 Å². The minimum absolute atomic E-state index is 0.135. The summed E-state index contributed by atoms with van der Waals surface area (Å²) in [5, 5.41) is 12.7. The molecule has 0 saturated carbocycles. The van der Waals surface area contributed by atoms with Crippen molar-refractivity contribution in [1.29, 1.82) is 0 Å². The molecule has 1 aromatic heterocycles. The number of hydrogen-bond acceptors (Lipinski definition) is 4. The number of amides is 1. The van der Waals surface area contributed by atoms with E-state index in [0.29, 0.717) is 6.54 Å². The number of nitrogens with zero attached hydrogens (tertiary/aromatic N) is 3. The van der Waals surface area contributed by atoms with Crippen molar-refractivity contribution in [3.63, 3.8) is 0 Å². The van der Waals surface area contributed by atoms with Gasteiger partial charge in [0.1, 0.15) is 5.54 Å². The molecule has 1 saturated heterocycles. The predicted octanol–water partition coefficient (Wildman–Crippen LogP) is 2.06. The maximum atomic E-state index is 13.0. The molecule has 1 fully saturated rings. The van der Waals surface area contributed by atoms with E-state index >= 15 is 0 Å². The lowest BCUT2D eigenvalue weighted by atomic mass is 9.89. The number of aryl methyl sites for hydroxylation is 1. The second kappa shape index (κ2) is 7.52. The first-order chi connectivity index (χ1) is 12.9. The monoisotopic (exact) mass is 370 g/mol. The Morgan fingerprint density at radius 3 is 2.67 bits per heavy atom. The summed E-state index contributed by atoms with van der Waals surface area (Å²) < 4.78 is 1.97. The number of likely N-dealkylation sites (tertiary alicyclic amines) is 1. The maximum absolute atomic E-state index is 13.0. The van der Waals surface area contributed by atoms with Crippen molar-refractivity contribution in [3.8, 4) is 0 Å². The van der Waals surface area contributed by atoms with E-state index in [-0.39, 0.29) is 18.4 Å². The first-order valence-corrected chi connectivity index (χ1v) is 9.16. The predicted molar refractivity (Wildman–Crippen MR) is 101 cm³/mol. The molecule has 0 spiro atoms. The number of carboxylic acid groups (broad SMARTS) is 1. The summed E-state index contributed by atoms with van der Waals surface area (Å²) in [5.41, 5.74) is 0.784. The summed E-state index contributed by atoms with van der Waals surface area (Å²) in [5.74, 6) is -1.49. The Labute approximate surface area is 159 Å². The van der Waals surface area contributed by atoms with Gasteiger partial charge in [0.15, 0.2) is 0 Å². The Morgan fingerprint density at radius 1 is 1.33 bits per heavy atom. The van der Waals surface area contributed by atoms with Crippen molar-refractivity contribution in [1.82, 2.24) is 19.8 Å². The molecule has 2 aromatic rings. The zero-order chi connectivity index (χ0) is 19.6. The second-order valence-electron chi connectivity index (χ2n) is 7.24. The lowest BCUT2D eigenvalue weighted by molar-refractivity contribution is -0.148. The summed E-state index contributed by atoms with van der Waals surface area (Å²) in [4.78, 5) is 30.9. The number of aliphatic carboxylic acids is 1. The van der Waals surface area contributed by atoms with Gasteiger partial charge in [-0.1, -0.05) is 30.3 Å². The average molecular weight is 370 g/mol. The molecule has 3 atom stereocenters. The summed E-state index contributed by atoms with van der Waals surface area (Å²) in [7, 11) is 1.78. The normalized spacial score (nSPS) is 25.4. The van der Waals surface area contributed by atoms with Crippen molar-refractivity contribution in [3.05, 3.63) is 54.1 Å². The quantitative estimate of drug-likeness (QED) is 0.813. The Morgan fingerprint density at radius 2 is 2.04 bits per heavy atom. The van der Waals surface area contributed by atoms with Crippen LogP contribution in [-0.4, -0.2) is 44.0 Å². The molecule has 7 heteroatoms. The lowest BCUT2D eigenvalue weighted by Gasteiger charge is -2.32. The maximum Gasteiger partial charge on any atom is 0.323 e. The molecule has 1 amide bonds. The van der Waals surface area contributed by atoms with Crippen LogP contribution < -0.4 is 5.32 Å². The first-order valence-electron chi connectivity index (χ1n) is 9.16. The van der Waals surface area contributed by atoms with Crippen molar-refractivity contribution < 1.29 is 14.7 Å². The molecule has 3 rings (SSSR count). The number of aromatic nitrogens is 2. The number of hydrogen-bond donors (Lipinski definition) is 2. The van der Waals surface area contributed by atoms with E-state index in [1.54, 1.807) is 26.5 Å². The number of likely N-dealkylation sites (N-methyl/N-ethyl adjacent to an activating group) is 1. The van der Waals surface area contributed by atoms with Crippen LogP contribution in [0.5, 0.6) is 0 Å². The molecular formula is C20H26N4O3. The molecule has 144 valence electrons. The topological polar surface area (TPSA) is 87.5 Å². The zero-order valence-electron chi connectivity index (χ0n) is 15.9. The molecule has 1 aliphatic rings. The number of rotatable bonds is 6. The van der Waals surface area contributed by atoms with E-state index in [2.05, 4.69) is 10.3 Å². The second-order valence-corrected chi connectivity index (χ2v) is 7.24. The van der Waals surface area contributed by atoms with Crippen molar-refractivity contribution in [2.45, 2.75) is 44.9 Å². The standard InChI is InChI=1S/C20H26N4O3/c1-4-24-13-21-11-15(24)12-22-18(25)16-10-20(2,19(26)27)23(3)17(16)14-8-6-5-7-9-14/h5-9,11,13,16-17H,4,10,12H2,1-3H3,(H,22,25)(H,26,27)/t16-,17-,20-/m0/s1. The van der Waals surface area contributed by atoms with E-state index in [9.17, 15) is 14.7 Å². The molecular weight excluding hydrogens is 344 g/mol. The Hall–Kier alpha value is -2.67. The molecule has 1 aromatic carbocycles. The summed E-state index contributed by atoms with van der Waals surface area (Å²) in [6.07, 6.45) is 3.73. The fraction of sp³-hybridized carbons (Fsp3) is 0.450. The first kappa shape index (κ1) is 19.1. The van der Waals surface area contributed by atoms with Gasteiger partial charge in [-0.15, -0.1) is 0 Å². The van der Waals surface area contributed by atoms with E-state index < -0.39 is 17.4 Å². The van der Waals surface area contributed by atoms with Crippen molar-refractivity contribution in [2.75, 3.05) is 7.05 Å². The van der Waals surface area contributed by atoms with Gasteiger partial charge in [0, 0.05) is 18.8 Å². The van der Waals surface area contributed by atoms with Crippen LogP contribution in [0.2, 0.25) is 0 Å². The SMILES string of the molecule is CCn1cncc1CNC(=O)[C@H]1C[C@@](C)(C(=O)O)N(C)[C@H]1c1ccccc1. The molecule has 2 N–H and O–H groups in total. The molecule has 27 heavy (non-hydrogen) atoms. The highest BCUT2D eigenvalue weighted by atomic mass is 16.4. The smallest absolute Gasteiger partial charge is 0.323 e. The summed E-state index contributed by atoms with van der Waals surface area (Å²) >= 11 is 0. The van der Waals surface area contributed by atoms with Gasteiger partial charge in [-0.05, 0) is 32.9 Å². The Kier molecular flexibility index (Phi) is 5.32. The number of carbonyl (C=O) groups is 2. The number of nitrogens with one attached hydrogen (secondary N) is 1. The number of carbonyl (C=O) groups excluding carboxylic acids is 1. The van der Waals surface area contributed by atoms with Crippen LogP contribution in [0.15, 0.2) is 42.9 Å². The molecule has 0 aliphatic carbocycles. The van der Waals surface area contributed by atoms with E-state index in [1.807, 2.05) is 46.7 Å². The highest BCUT2D eigenvalue weighted by Gasteiger charge is 2.54. The van der Waals surface area contributed by atoms with Crippen LogP contribution in [-0.2, 0) is 22.7 Å². The zero-order valence-corrected chi connectivity index (χ0v) is 15.9. The van der Waals surface area contributed by atoms with Gasteiger partial charge < -0.3 is 15.0 Å². The van der Waals surface area contributed by atoms with Gasteiger partial charge in [-0.3, -0.25) is 14.5 Å². The average Bonchev–Trinajstić information content (AvgIpc) is 3.23. The van der Waals surface area contributed by atoms with Crippen molar-refractivity contribution >= 4 is 11.9 Å². The minimum Gasteiger partial charge on any atom is -0.480 e. The largest absolute Gasteiger partial charge is 0.480 e. The third kappa shape index (κ3) is 3.47. The molecule has 0 radical (unpaired) electrons. The van der Waals surface area contributed by atoms with E-state index in [0.717, 1.165) is 17.8 Å². The van der Waals surface area contributed by atoms with Crippen LogP contribution in [0.4, 0.5) is 0 Å². The third-order valence-corrected chi connectivity index (χ3v) is 5.72. The summed E-state index contributed by atoms with van der Waals surface area (Å²) in [6, 6.07) is 9.34. The highest BCUT2D eigenvalue weighted by molar-refractivity contribution is 5.85. The van der Waals surface area contributed by atoms with Crippen LogP contribution in [0.1, 0.15) is 37.6 Å². The number of imidazole rings is 1. The van der Waals surface area contributed by atoms with Crippen LogP contribution >= 0.6 is 0 Å². The number of benzene rings is 1. The highest BCUT2D eigenvalue weighted by Crippen LogP contribution is 2.45. The van der Waals surface area contributed by atoms with E-state index in [4.69, 9.17) is 0 Å². The van der Waals surface area contributed by atoms with Crippen LogP contribution in [0, 0.1) is 5.92 Å².